The van der Waals surface area contributed by atoms with E-state index in [-0.39, 0.29) is 18.6 Å². The summed E-state index contributed by atoms with van der Waals surface area (Å²) in [4.78, 5) is 13.6. The SMILES string of the molecule is CCOC(=O)CN(CC(C)(O)c1ccccc1)C(C)C. The predicted molar refractivity (Wildman–Crippen MR) is 79.4 cm³/mol. The van der Waals surface area contributed by atoms with Crippen molar-refractivity contribution >= 4 is 5.97 Å². The van der Waals surface area contributed by atoms with E-state index in [0.29, 0.717) is 13.2 Å². The standard InChI is InChI=1S/C16H25NO3/c1-5-20-15(18)11-17(13(2)3)12-16(4,19)14-9-7-6-8-10-14/h6-10,13,19H,5,11-12H2,1-4H3. The summed E-state index contributed by atoms with van der Waals surface area (Å²) in [5.41, 5.74) is -0.160. The van der Waals surface area contributed by atoms with Gasteiger partial charge in [0, 0.05) is 12.6 Å². The fourth-order valence-corrected chi connectivity index (χ4v) is 2.08. The maximum atomic E-state index is 11.6. The van der Waals surface area contributed by atoms with E-state index in [9.17, 15) is 9.90 Å². The van der Waals surface area contributed by atoms with Crippen LogP contribution in [0.15, 0.2) is 30.3 Å². The van der Waals surface area contributed by atoms with Crippen LogP contribution in [0, 0.1) is 0 Å². The van der Waals surface area contributed by atoms with Gasteiger partial charge in [-0.2, -0.15) is 0 Å². The van der Waals surface area contributed by atoms with E-state index in [1.807, 2.05) is 49.1 Å². The maximum absolute atomic E-state index is 11.6. The number of carbonyl (C=O) groups is 1. The molecule has 0 aliphatic carbocycles. The fraction of sp³-hybridized carbons (Fsp3) is 0.562. The van der Waals surface area contributed by atoms with Crippen molar-refractivity contribution in [3.63, 3.8) is 0 Å². The Hall–Kier alpha value is -1.39. The lowest BCUT2D eigenvalue weighted by Crippen LogP contribution is -2.45. The molecule has 1 N–H and O–H groups in total. The van der Waals surface area contributed by atoms with E-state index in [0.717, 1.165) is 5.56 Å². The summed E-state index contributed by atoms with van der Waals surface area (Å²) in [5, 5.41) is 10.7. The molecule has 4 heteroatoms. The molecule has 0 amide bonds. The molecule has 1 unspecified atom stereocenters. The van der Waals surface area contributed by atoms with Crippen molar-refractivity contribution in [1.29, 1.82) is 0 Å². The fourth-order valence-electron chi connectivity index (χ4n) is 2.08. The molecular weight excluding hydrogens is 254 g/mol. The van der Waals surface area contributed by atoms with Gasteiger partial charge < -0.3 is 9.84 Å². The van der Waals surface area contributed by atoms with Crippen molar-refractivity contribution < 1.29 is 14.6 Å². The minimum Gasteiger partial charge on any atom is -0.465 e. The quantitative estimate of drug-likeness (QED) is 0.777. The van der Waals surface area contributed by atoms with Crippen LogP contribution in [-0.2, 0) is 15.1 Å². The van der Waals surface area contributed by atoms with Crippen molar-refractivity contribution in [2.24, 2.45) is 0 Å². The molecule has 0 aromatic heterocycles. The van der Waals surface area contributed by atoms with E-state index in [4.69, 9.17) is 4.74 Å². The lowest BCUT2D eigenvalue weighted by molar-refractivity contribution is -0.145. The van der Waals surface area contributed by atoms with Crippen LogP contribution in [0.1, 0.15) is 33.3 Å². The molecule has 0 aliphatic rings. The topological polar surface area (TPSA) is 49.8 Å². The van der Waals surface area contributed by atoms with Crippen molar-refractivity contribution in [2.75, 3.05) is 19.7 Å². The molecule has 0 bridgehead atoms. The van der Waals surface area contributed by atoms with Crippen molar-refractivity contribution in [1.82, 2.24) is 4.90 Å². The van der Waals surface area contributed by atoms with Gasteiger partial charge in [0.2, 0.25) is 0 Å². The van der Waals surface area contributed by atoms with Crippen LogP contribution in [-0.4, -0.2) is 41.7 Å². The molecule has 1 atom stereocenters. The number of rotatable bonds is 7. The van der Waals surface area contributed by atoms with Crippen LogP contribution in [0.5, 0.6) is 0 Å². The highest BCUT2D eigenvalue weighted by Crippen LogP contribution is 2.22. The molecule has 4 nitrogen and oxygen atoms in total. The van der Waals surface area contributed by atoms with E-state index >= 15 is 0 Å². The van der Waals surface area contributed by atoms with Crippen molar-refractivity contribution in [2.45, 2.75) is 39.3 Å². The van der Waals surface area contributed by atoms with Gasteiger partial charge in [0.25, 0.3) is 0 Å². The smallest absolute Gasteiger partial charge is 0.320 e. The first-order valence-electron chi connectivity index (χ1n) is 7.04. The molecule has 20 heavy (non-hydrogen) atoms. The van der Waals surface area contributed by atoms with Crippen LogP contribution in [0.4, 0.5) is 0 Å². The Balaban J connectivity index is 2.77. The highest BCUT2D eigenvalue weighted by atomic mass is 16.5. The van der Waals surface area contributed by atoms with Crippen molar-refractivity contribution in [3.8, 4) is 0 Å². The first kappa shape index (κ1) is 16.7. The average Bonchev–Trinajstić information content (AvgIpc) is 2.39. The zero-order chi connectivity index (χ0) is 15.2. The summed E-state index contributed by atoms with van der Waals surface area (Å²) >= 11 is 0. The van der Waals surface area contributed by atoms with Gasteiger partial charge in [-0.3, -0.25) is 9.69 Å². The Bertz CT molecular complexity index is 415. The molecule has 0 fully saturated rings. The molecule has 112 valence electrons. The van der Waals surface area contributed by atoms with Gasteiger partial charge in [-0.1, -0.05) is 30.3 Å². The van der Waals surface area contributed by atoms with Crippen molar-refractivity contribution in [3.05, 3.63) is 35.9 Å². The van der Waals surface area contributed by atoms with Crippen LogP contribution in [0.3, 0.4) is 0 Å². The van der Waals surface area contributed by atoms with Gasteiger partial charge in [-0.05, 0) is 33.3 Å². The molecule has 0 aliphatic heterocycles. The molecular formula is C16H25NO3. The predicted octanol–water partition coefficient (Wildman–Crippen LogP) is 2.17. The molecule has 0 saturated heterocycles. The van der Waals surface area contributed by atoms with Crippen LogP contribution < -0.4 is 0 Å². The Kier molecular flexibility index (Phi) is 6.17. The number of hydrogen-bond acceptors (Lipinski definition) is 4. The molecule has 1 aromatic rings. The minimum atomic E-state index is -1.00. The third-order valence-corrected chi connectivity index (χ3v) is 3.27. The third kappa shape index (κ3) is 4.94. The number of hydrogen-bond donors (Lipinski definition) is 1. The summed E-state index contributed by atoms with van der Waals surface area (Å²) in [6, 6.07) is 9.64. The normalized spacial score (nSPS) is 14.3. The van der Waals surface area contributed by atoms with Crippen LogP contribution in [0.25, 0.3) is 0 Å². The number of aliphatic hydroxyl groups is 1. The number of nitrogens with zero attached hydrogens (tertiary/aromatic N) is 1. The third-order valence-electron chi connectivity index (χ3n) is 3.27. The van der Waals surface area contributed by atoms with Crippen LogP contribution in [0.2, 0.25) is 0 Å². The first-order valence-corrected chi connectivity index (χ1v) is 7.04. The highest BCUT2D eigenvalue weighted by molar-refractivity contribution is 5.71. The largest absolute Gasteiger partial charge is 0.465 e. The number of benzene rings is 1. The van der Waals surface area contributed by atoms with E-state index in [2.05, 4.69) is 0 Å². The van der Waals surface area contributed by atoms with Gasteiger partial charge >= 0.3 is 5.97 Å². The second-order valence-electron chi connectivity index (χ2n) is 5.44. The molecule has 0 radical (unpaired) electrons. The summed E-state index contributed by atoms with van der Waals surface area (Å²) in [6.07, 6.45) is 0. The molecule has 1 rings (SSSR count). The zero-order valence-corrected chi connectivity index (χ0v) is 12.8. The lowest BCUT2D eigenvalue weighted by Gasteiger charge is -2.33. The monoisotopic (exact) mass is 279 g/mol. The Labute approximate surface area is 121 Å². The van der Waals surface area contributed by atoms with Gasteiger partial charge in [0.15, 0.2) is 0 Å². The zero-order valence-electron chi connectivity index (χ0n) is 12.8. The molecule has 0 heterocycles. The van der Waals surface area contributed by atoms with E-state index in [1.165, 1.54) is 0 Å². The Morgan fingerprint density at radius 2 is 1.95 bits per heavy atom. The Morgan fingerprint density at radius 3 is 2.45 bits per heavy atom. The number of esters is 1. The van der Waals surface area contributed by atoms with Gasteiger partial charge in [0.05, 0.1) is 18.8 Å². The van der Waals surface area contributed by atoms with E-state index in [1.54, 1.807) is 13.8 Å². The average molecular weight is 279 g/mol. The first-order chi connectivity index (χ1) is 9.36. The summed E-state index contributed by atoms with van der Waals surface area (Å²) < 4.78 is 4.98. The van der Waals surface area contributed by atoms with E-state index < -0.39 is 5.60 Å². The minimum absolute atomic E-state index is 0.148. The summed E-state index contributed by atoms with van der Waals surface area (Å²) in [6.45, 7) is 8.50. The lowest BCUT2D eigenvalue weighted by atomic mass is 9.95. The molecule has 1 aromatic carbocycles. The van der Waals surface area contributed by atoms with Crippen LogP contribution >= 0.6 is 0 Å². The molecule has 0 spiro atoms. The summed E-state index contributed by atoms with van der Waals surface area (Å²) in [7, 11) is 0. The molecule has 0 saturated carbocycles. The van der Waals surface area contributed by atoms with Gasteiger partial charge in [-0.15, -0.1) is 0 Å². The second-order valence-corrected chi connectivity index (χ2v) is 5.44. The summed E-state index contributed by atoms with van der Waals surface area (Å²) in [5.74, 6) is -0.259. The van der Waals surface area contributed by atoms with Gasteiger partial charge in [0.1, 0.15) is 0 Å². The second kappa shape index (κ2) is 7.41. The number of carbonyl (C=O) groups excluding carboxylic acids is 1. The van der Waals surface area contributed by atoms with Gasteiger partial charge in [-0.25, -0.2) is 0 Å². The highest BCUT2D eigenvalue weighted by Gasteiger charge is 2.28. The maximum Gasteiger partial charge on any atom is 0.320 e. The number of ether oxygens (including phenoxy) is 1. The Morgan fingerprint density at radius 1 is 1.35 bits per heavy atom.